The minimum Gasteiger partial charge on any atom is -0.464 e. The second kappa shape index (κ2) is 7.11. The van der Waals surface area contributed by atoms with Gasteiger partial charge in [-0.3, -0.25) is 0 Å². The molecular formula is C20H19ClN2O2. The van der Waals surface area contributed by atoms with Crippen LogP contribution in [0.25, 0.3) is 10.9 Å². The van der Waals surface area contributed by atoms with E-state index in [1.807, 2.05) is 18.2 Å². The van der Waals surface area contributed by atoms with Crippen LogP contribution in [0.5, 0.6) is 0 Å². The molecule has 3 rings (SSSR count). The fourth-order valence-electron chi connectivity index (χ4n) is 2.62. The molecule has 0 radical (unpaired) electrons. The molecule has 4 nitrogen and oxygen atoms in total. The number of anilines is 2. The van der Waals surface area contributed by atoms with Crippen LogP contribution in [-0.2, 0) is 4.74 Å². The van der Waals surface area contributed by atoms with Crippen LogP contribution < -0.4 is 5.32 Å². The third-order valence-corrected chi connectivity index (χ3v) is 4.26. The summed E-state index contributed by atoms with van der Waals surface area (Å²) in [5, 5.41) is 4.80. The van der Waals surface area contributed by atoms with E-state index < -0.39 is 5.97 Å². The number of hydrogen-bond donors (Lipinski definition) is 1. The Bertz CT molecular complexity index is 921. The van der Waals surface area contributed by atoms with Gasteiger partial charge < -0.3 is 10.1 Å². The zero-order valence-corrected chi connectivity index (χ0v) is 15.1. The molecule has 1 heterocycles. The normalized spacial score (nSPS) is 10.9. The van der Waals surface area contributed by atoms with E-state index in [2.05, 4.69) is 36.3 Å². The molecule has 0 amide bonds. The Balaban J connectivity index is 2.06. The molecule has 1 N–H and O–H groups in total. The molecule has 0 atom stereocenters. The fraction of sp³-hybridized carbons (Fsp3) is 0.200. The van der Waals surface area contributed by atoms with Crippen molar-refractivity contribution in [1.29, 1.82) is 0 Å². The second-order valence-electron chi connectivity index (χ2n) is 6.11. The lowest BCUT2D eigenvalue weighted by Crippen LogP contribution is -2.06. The lowest BCUT2D eigenvalue weighted by atomic mass is 10.0. The molecule has 0 saturated carbocycles. The molecule has 3 aromatic rings. The predicted molar refractivity (Wildman–Crippen MR) is 102 cm³/mol. The molecule has 2 aromatic carbocycles. The standard InChI is InChI=1S/C20H19ClN2O2/c1-12(2)13-4-7-15(8-5-13)22-18-11-19(20(24)25-3)23-17-9-6-14(21)10-16(17)18/h4-12H,1-3H3,(H,22,23). The van der Waals surface area contributed by atoms with Crippen LogP contribution in [-0.4, -0.2) is 18.1 Å². The van der Waals surface area contributed by atoms with Gasteiger partial charge in [-0.15, -0.1) is 0 Å². The Morgan fingerprint density at radius 2 is 1.84 bits per heavy atom. The van der Waals surface area contributed by atoms with E-state index in [-0.39, 0.29) is 5.69 Å². The summed E-state index contributed by atoms with van der Waals surface area (Å²) in [6.07, 6.45) is 0. The van der Waals surface area contributed by atoms with Gasteiger partial charge in [0.25, 0.3) is 0 Å². The Kier molecular flexibility index (Phi) is 4.91. The molecule has 0 bridgehead atoms. The van der Waals surface area contributed by atoms with Crippen LogP contribution in [0.3, 0.4) is 0 Å². The highest BCUT2D eigenvalue weighted by molar-refractivity contribution is 6.31. The maximum absolute atomic E-state index is 11.9. The number of carbonyl (C=O) groups excluding carboxylic acids is 1. The summed E-state index contributed by atoms with van der Waals surface area (Å²) in [5.74, 6) is -0.00408. The van der Waals surface area contributed by atoms with Crippen molar-refractivity contribution in [3.05, 3.63) is 64.8 Å². The molecule has 0 unspecified atom stereocenters. The first kappa shape index (κ1) is 17.2. The van der Waals surface area contributed by atoms with Crippen LogP contribution in [0.4, 0.5) is 11.4 Å². The van der Waals surface area contributed by atoms with E-state index in [0.717, 1.165) is 16.8 Å². The number of carbonyl (C=O) groups is 1. The van der Waals surface area contributed by atoms with Gasteiger partial charge in [-0.1, -0.05) is 37.6 Å². The van der Waals surface area contributed by atoms with Gasteiger partial charge in [0.2, 0.25) is 0 Å². The van der Waals surface area contributed by atoms with E-state index in [9.17, 15) is 4.79 Å². The van der Waals surface area contributed by atoms with Crippen LogP contribution >= 0.6 is 11.6 Å². The van der Waals surface area contributed by atoms with Gasteiger partial charge in [0.15, 0.2) is 5.69 Å². The minimum atomic E-state index is -0.477. The molecule has 5 heteroatoms. The predicted octanol–water partition coefficient (Wildman–Crippen LogP) is 5.54. The summed E-state index contributed by atoms with van der Waals surface area (Å²) in [7, 11) is 1.34. The molecule has 0 aliphatic carbocycles. The van der Waals surface area contributed by atoms with Crippen LogP contribution in [0.15, 0.2) is 48.5 Å². The highest BCUT2D eigenvalue weighted by Gasteiger charge is 2.13. The first-order valence-corrected chi connectivity index (χ1v) is 8.41. The number of halogens is 1. The van der Waals surface area contributed by atoms with Gasteiger partial charge in [0.05, 0.1) is 18.3 Å². The molecule has 0 aliphatic rings. The van der Waals surface area contributed by atoms with Crippen molar-refractivity contribution in [3.8, 4) is 0 Å². The number of nitrogens with zero attached hydrogens (tertiary/aromatic N) is 1. The first-order chi connectivity index (χ1) is 12.0. The van der Waals surface area contributed by atoms with E-state index in [1.165, 1.54) is 12.7 Å². The molecule has 0 spiro atoms. The van der Waals surface area contributed by atoms with Gasteiger partial charge in [-0.2, -0.15) is 0 Å². The van der Waals surface area contributed by atoms with Crippen molar-refractivity contribution < 1.29 is 9.53 Å². The van der Waals surface area contributed by atoms with Crippen LogP contribution in [0.2, 0.25) is 5.02 Å². The molecule has 0 fully saturated rings. The Labute approximate surface area is 151 Å². The van der Waals surface area contributed by atoms with Gasteiger partial charge >= 0.3 is 5.97 Å². The number of fused-ring (bicyclic) bond motifs is 1. The molecular weight excluding hydrogens is 336 g/mol. The first-order valence-electron chi connectivity index (χ1n) is 8.03. The largest absolute Gasteiger partial charge is 0.464 e. The molecule has 1 aromatic heterocycles. The average molecular weight is 355 g/mol. The molecule has 0 saturated heterocycles. The lowest BCUT2D eigenvalue weighted by Gasteiger charge is -2.13. The number of aromatic nitrogens is 1. The number of methoxy groups -OCH3 is 1. The molecule has 0 aliphatic heterocycles. The third kappa shape index (κ3) is 3.74. The Hall–Kier alpha value is -2.59. The molecule has 25 heavy (non-hydrogen) atoms. The second-order valence-corrected chi connectivity index (χ2v) is 6.55. The summed E-state index contributed by atoms with van der Waals surface area (Å²) in [6.45, 7) is 4.31. The third-order valence-electron chi connectivity index (χ3n) is 4.02. The maximum Gasteiger partial charge on any atom is 0.356 e. The number of esters is 1. The summed E-state index contributed by atoms with van der Waals surface area (Å²) in [4.78, 5) is 16.3. The van der Waals surface area contributed by atoms with E-state index >= 15 is 0 Å². The van der Waals surface area contributed by atoms with Gasteiger partial charge in [0.1, 0.15) is 0 Å². The van der Waals surface area contributed by atoms with E-state index in [0.29, 0.717) is 16.5 Å². The zero-order chi connectivity index (χ0) is 18.0. The van der Waals surface area contributed by atoms with Crippen molar-refractivity contribution in [2.75, 3.05) is 12.4 Å². The maximum atomic E-state index is 11.9. The zero-order valence-electron chi connectivity index (χ0n) is 14.3. The van der Waals surface area contributed by atoms with Crippen molar-refractivity contribution in [2.24, 2.45) is 0 Å². The van der Waals surface area contributed by atoms with Crippen molar-refractivity contribution in [2.45, 2.75) is 19.8 Å². The Morgan fingerprint density at radius 1 is 1.12 bits per heavy atom. The van der Waals surface area contributed by atoms with Gasteiger partial charge in [0, 0.05) is 16.1 Å². The number of nitrogens with one attached hydrogen (secondary N) is 1. The van der Waals surface area contributed by atoms with Crippen LogP contribution in [0, 0.1) is 0 Å². The number of rotatable bonds is 4. The number of benzene rings is 2. The van der Waals surface area contributed by atoms with E-state index in [1.54, 1.807) is 18.2 Å². The van der Waals surface area contributed by atoms with E-state index in [4.69, 9.17) is 16.3 Å². The highest BCUT2D eigenvalue weighted by Crippen LogP contribution is 2.29. The van der Waals surface area contributed by atoms with Gasteiger partial charge in [-0.25, -0.2) is 9.78 Å². The lowest BCUT2D eigenvalue weighted by molar-refractivity contribution is 0.0594. The van der Waals surface area contributed by atoms with Crippen molar-refractivity contribution >= 4 is 39.8 Å². The minimum absolute atomic E-state index is 0.249. The van der Waals surface area contributed by atoms with Crippen molar-refractivity contribution in [3.63, 3.8) is 0 Å². The van der Waals surface area contributed by atoms with Crippen molar-refractivity contribution in [1.82, 2.24) is 4.98 Å². The van der Waals surface area contributed by atoms with Gasteiger partial charge in [-0.05, 0) is 47.9 Å². The SMILES string of the molecule is COC(=O)c1cc(Nc2ccc(C(C)C)cc2)c2cc(Cl)ccc2n1. The Morgan fingerprint density at radius 3 is 2.48 bits per heavy atom. The topological polar surface area (TPSA) is 51.2 Å². The summed E-state index contributed by atoms with van der Waals surface area (Å²) >= 11 is 6.13. The number of pyridine rings is 1. The fourth-order valence-corrected chi connectivity index (χ4v) is 2.79. The summed E-state index contributed by atoms with van der Waals surface area (Å²) < 4.78 is 4.80. The number of ether oxygens (including phenoxy) is 1. The molecule has 128 valence electrons. The smallest absolute Gasteiger partial charge is 0.356 e. The average Bonchev–Trinajstić information content (AvgIpc) is 2.61. The van der Waals surface area contributed by atoms with Crippen LogP contribution in [0.1, 0.15) is 35.8 Å². The summed E-state index contributed by atoms with van der Waals surface area (Å²) in [5.41, 5.74) is 3.87. The summed E-state index contributed by atoms with van der Waals surface area (Å²) in [6, 6.07) is 15.3. The number of hydrogen-bond acceptors (Lipinski definition) is 4. The highest BCUT2D eigenvalue weighted by atomic mass is 35.5. The quantitative estimate of drug-likeness (QED) is 0.625. The monoisotopic (exact) mass is 354 g/mol.